The lowest BCUT2D eigenvalue weighted by Crippen LogP contribution is -3.00. The normalized spacial score (nSPS) is 10.6. The van der Waals surface area contributed by atoms with E-state index in [0.29, 0.717) is 18.4 Å². The van der Waals surface area contributed by atoms with E-state index in [-0.39, 0.29) is 42.1 Å². The lowest BCUT2D eigenvalue weighted by Gasteiger charge is -2.09. The van der Waals surface area contributed by atoms with Gasteiger partial charge in [0.2, 0.25) is 0 Å². The van der Waals surface area contributed by atoms with Crippen LogP contribution in [0.2, 0.25) is 0 Å². The Morgan fingerprint density at radius 3 is 1.41 bits per heavy atom. The zero-order valence-electron chi connectivity index (χ0n) is 24.8. The van der Waals surface area contributed by atoms with Gasteiger partial charge >= 0.3 is 11.9 Å². The van der Waals surface area contributed by atoms with Crippen LogP contribution in [0.4, 0.5) is 0 Å². The van der Waals surface area contributed by atoms with Gasteiger partial charge in [0.1, 0.15) is 19.8 Å². The second-order valence-electron chi connectivity index (χ2n) is 10.7. The first-order chi connectivity index (χ1) is 18.6. The number of ether oxygens (including phenoxy) is 2. The molecule has 224 valence electrons. The maximum absolute atomic E-state index is 11.9. The van der Waals surface area contributed by atoms with Crippen LogP contribution in [0.25, 0.3) is 0 Å². The fourth-order valence-electron chi connectivity index (χ4n) is 4.52. The Bertz CT molecular complexity index is 726. The Balaban J connectivity index is 0.0000144. The molecule has 0 aliphatic carbocycles. The monoisotopic (exact) mass is 609 g/mol. The highest BCUT2D eigenvalue weighted by Gasteiger charge is 2.07. The molecule has 0 radical (unpaired) electrons. The Morgan fingerprint density at radius 1 is 0.590 bits per heavy atom. The van der Waals surface area contributed by atoms with Crippen molar-refractivity contribution in [3.63, 3.8) is 0 Å². The third-order valence-electron chi connectivity index (χ3n) is 6.93. The summed E-state index contributed by atoms with van der Waals surface area (Å²) in [7, 11) is 0. The zero-order chi connectivity index (χ0) is 27.5. The van der Waals surface area contributed by atoms with Crippen LogP contribution in [-0.2, 0) is 25.6 Å². The third kappa shape index (κ3) is 25.0. The topological polar surface area (TPSA) is 56.5 Å². The van der Waals surface area contributed by atoms with Crippen molar-refractivity contribution >= 4 is 11.9 Å². The molecule has 6 heteroatoms. The van der Waals surface area contributed by atoms with Gasteiger partial charge in [-0.3, -0.25) is 9.59 Å². The molecule has 1 heterocycles. The standard InChI is InChI=1S/C33H56NO4.BrH/c1-3-4-5-6-7-8-9-10-11-12-13-15-19-24-32(35)37-29-31(2)30-38-33(36)25-20-16-14-17-21-26-34-27-22-18-23-28-34;/h18,22-23,27-28H,2-17,19-21,24-26,29-30H2,1H3;1H/q+1;/p-1. The molecule has 0 N–H and O–H groups in total. The quantitative estimate of drug-likeness (QED) is 0.0607. The summed E-state index contributed by atoms with van der Waals surface area (Å²) in [6.07, 6.45) is 27.1. The minimum absolute atomic E-state index is 0. The first-order valence-electron chi connectivity index (χ1n) is 15.5. The number of halogens is 1. The number of carbonyl (C=O) groups is 2. The van der Waals surface area contributed by atoms with Gasteiger partial charge in [-0.2, -0.15) is 0 Å². The summed E-state index contributed by atoms with van der Waals surface area (Å²) in [4.78, 5) is 23.9. The van der Waals surface area contributed by atoms with E-state index in [0.717, 1.165) is 45.1 Å². The van der Waals surface area contributed by atoms with E-state index in [2.05, 4.69) is 30.5 Å². The third-order valence-corrected chi connectivity index (χ3v) is 6.93. The maximum atomic E-state index is 11.9. The van der Waals surface area contributed by atoms with Gasteiger partial charge < -0.3 is 26.5 Å². The fourth-order valence-corrected chi connectivity index (χ4v) is 4.52. The van der Waals surface area contributed by atoms with E-state index in [1.54, 1.807) is 0 Å². The van der Waals surface area contributed by atoms with Crippen molar-refractivity contribution in [3.8, 4) is 0 Å². The molecule has 0 saturated carbocycles. The van der Waals surface area contributed by atoms with Gasteiger partial charge in [0.05, 0.1) is 0 Å². The van der Waals surface area contributed by atoms with Gasteiger partial charge in [-0.05, 0) is 24.8 Å². The van der Waals surface area contributed by atoms with Crippen LogP contribution in [-0.4, -0.2) is 25.2 Å². The molecule has 1 rings (SSSR count). The summed E-state index contributed by atoms with van der Waals surface area (Å²) >= 11 is 0. The number of esters is 2. The maximum Gasteiger partial charge on any atom is 0.306 e. The first-order valence-corrected chi connectivity index (χ1v) is 15.5. The summed E-state index contributed by atoms with van der Waals surface area (Å²) in [5.41, 5.74) is 0.621. The van der Waals surface area contributed by atoms with Gasteiger partial charge in [-0.15, -0.1) is 0 Å². The number of aryl methyl sites for hydroxylation is 1. The van der Waals surface area contributed by atoms with E-state index in [1.165, 1.54) is 77.0 Å². The fraction of sp³-hybridized carbons (Fsp3) is 0.727. The molecule has 0 aromatic carbocycles. The van der Waals surface area contributed by atoms with Crippen LogP contribution in [0.1, 0.15) is 135 Å². The SMILES string of the molecule is C=C(COC(=O)CCCCCCCCCCCCCCC)COC(=O)CCCCCCC[n+]1ccccc1.[Br-]. The number of carbonyl (C=O) groups excluding carboxylic acids is 2. The van der Waals surface area contributed by atoms with Gasteiger partial charge in [0, 0.05) is 31.4 Å². The summed E-state index contributed by atoms with van der Waals surface area (Å²) < 4.78 is 12.7. The average Bonchev–Trinajstić information content (AvgIpc) is 2.93. The van der Waals surface area contributed by atoms with Crippen LogP contribution >= 0.6 is 0 Å². The lowest BCUT2D eigenvalue weighted by molar-refractivity contribution is -0.697. The molecule has 1 aromatic heterocycles. The van der Waals surface area contributed by atoms with E-state index < -0.39 is 0 Å². The van der Waals surface area contributed by atoms with E-state index in [9.17, 15) is 9.59 Å². The Hall–Kier alpha value is -1.69. The highest BCUT2D eigenvalue weighted by atomic mass is 79.9. The number of aromatic nitrogens is 1. The molecule has 0 saturated heterocycles. The van der Waals surface area contributed by atoms with Crippen LogP contribution in [0.5, 0.6) is 0 Å². The van der Waals surface area contributed by atoms with E-state index in [4.69, 9.17) is 9.47 Å². The van der Waals surface area contributed by atoms with Crippen LogP contribution in [0, 0.1) is 0 Å². The number of unbranched alkanes of at least 4 members (excludes halogenated alkanes) is 16. The summed E-state index contributed by atoms with van der Waals surface area (Å²) in [5, 5.41) is 0. The minimum atomic E-state index is -0.204. The molecule has 1 aromatic rings. The van der Waals surface area contributed by atoms with Crippen molar-refractivity contribution in [1.29, 1.82) is 0 Å². The predicted molar refractivity (Wildman–Crippen MR) is 156 cm³/mol. The largest absolute Gasteiger partial charge is 1.00 e. The van der Waals surface area contributed by atoms with Crippen molar-refractivity contribution in [2.24, 2.45) is 0 Å². The Labute approximate surface area is 249 Å². The lowest BCUT2D eigenvalue weighted by atomic mass is 10.0. The smallest absolute Gasteiger partial charge is 0.306 e. The average molecular weight is 611 g/mol. The van der Waals surface area contributed by atoms with E-state index >= 15 is 0 Å². The predicted octanol–water partition coefficient (Wildman–Crippen LogP) is 5.44. The summed E-state index contributed by atoms with van der Waals surface area (Å²) in [6.45, 7) is 7.42. The molecule has 0 bridgehead atoms. The van der Waals surface area contributed by atoms with Crippen molar-refractivity contribution < 1.29 is 40.6 Å². The van der Waals surface area contributed by atoms with Crippen LogP contribution < -0.4 is 21.5 Å². The van der Waals surface area contributed by atoms with Gasteiger partial charge in [0.25, 0.3) is 0 Å². The molecule has 0 aliphatic heterocycles. The molecule has 0 spiro atoms. The van der Waals surface area contributed by atoms with Crippen molar-refractivity contribution in [2.45, 2.75) is 142 Å². The Morgan fingerprint density at radius 2 is 0.974 bits per heavy atom. The minimum Gasteiger partial charge on any atom is -1.00 e. The van der Waals surface area contributed by atoms with Crippen LogP contribution in [0.15, 0.2) is 42.7 Å². The molecular formula is C33H56BrNO4. The van der Waals surface area contributed by atoms with Gasteiger partial charge in [-0.1, -0.05) is 109 Å². The number of hydrogen-bond donors (Lipinski definition) is 0. The summed E-state index contributed by atoms with van der Waals surface area (Å²) in [5.74, 6) is -0.393. The highest BCUT2D eigenvalue weighted by molar-refractivity contribution is 5.70. The molecular weight excluding hydrogens is 554 g/mol. The van der Waals surface area contributed by atoms with Gasteiger partial charge in [0.15, 0.2) is 12.4 Å². The second-order valence-corrected chi connectivity index (χ2v) is 10.7. The van der Waals surface area contributed by atoms with Crippen molar-refractivity contribution in [1.82, 2.24) is 0 Å². The second kappa shape index (κ2) is 27.9. The molecule has 0 amide bonds. The molecule has 39 heavy (non-hydrogen) atoms. The first kappa shape index (κ1) is 37.3. The number of nitrogens with zero attached hydrogens (tertiary/aromatic N) is 1. The number of rotatable bonds is 26. The zero-order valence-corrected chi connectivity index (χ0v) is 26.4. The molecule has 0 aliphatic rings. The number of hydrogen-bond acceptors (Lipinski definition) is 4. The van der Waals surface area contributed by atoms with E-state index in [1.807, 2.05) is 18.2 Å². The molecule has 5 nitrogen and oxygen atoms in total. The Kier molecular flexibility index (Phi) is 26.7. The summed E-state index contributed by atoms with van der Waals surface area (Å²) in [6, 6.07) is 6.12. The molecule has 0 fully saturated rings. The number of pyridine rings is 1. The molecule has 0 unspecified atom stereocenters. The van der Waals surface area contributed by atoms with Crippen molar-refractivity contribution in [3.05, 3.63) is 42.7 Å². The van der Waals surface area contributed by atoms with Gasteiger partial charge in [-0.25, -0.2) is 4.57 Å². The molecule has 0 atom stereocenters. The van der Waals surface area contributed by atoms with Crippen molar-refractivity contribution in [2.75, 3.05) is 13.2 Å². The van der Waals surface area contributed by atoms with Crippen LogP contribution in [0.3, 0.4) is 0 Å². The highest BCUT2D eigenvalue weighted by Crippen LogP contribution is 2.13.